The normalized spacial score (nSPS) is 10.3. The number of aromatic nitrogens is 1. The highest BCUT2D eigenvalue weighted by molar-refractivity contribution is 5.96. The van der Waals surface area contributed by atoms with Crippen LogP contribution in [0.5, 0.6) is 0 Å². The van der Waals surface area contributed by atoms with Crippen molar-refractivity contribution in [2.45, 2.75) is 26.8 Å². The van der Waals surface area contributed by atoms with Gasteiger partial charge in [-0.1, -0.05) is 0 Å². The van der Waals surface area contributed by atoms with E-state index in [9.17, 15) is 14.4 Å². The summed E-state index contributed by atoms with van der Waals surface area (Å²) in [7, 11) is 0. The van der Waals surface area contributed by atoms with Crippen molar-refractivity contribution in [3.8, 4) is 0 Å². The number of rotatable bonds is 5. The van der Waals surface area contributed by atoms with Crippen LogP contribution >= 0.6 is 0 Å². The molecule has 1 rings (SSSR count). The Bertz CT molecular complexity index is 508. The molecule has 0 saturated carbocycles. The molecule has 0 spiro atoms. The van der Waals surface area contributed by atoms with E-state index in [1.807, 2.05) is 13.8 Å². The van der Waals surface area contributed by atoms with Crippen molar-refractivity contribution >= 4 is 11.8 Å². The molecule has 0 fully saturated rings. The van der Waals surface area contributed by atoms with E-state index < -0.39 is 5.91 Å². The molecule has 1 heterocycles. The molecule has 1 aromatic rings. The van der Waals surface area contributed by atoms with Gasteiger partial charge in [0.25, 0.3) is 5.91 Å². The highest BCUT2D eigenvalue weighted by Crippen LogP contribution is 1.98. The summed E-state index contributed by atoms with van der Waals surface area (Å²) in [5, 5.41) is 2.71. The van der Waals surface area contributed by atoms with Crippen LogP contribution in [0.15, 0.2) is 23.3 Å². The fraction of sp³-hybridized carbons (Fsp3) is 0.462. The van der Waals surface area contributed by atoms with Crippen LogP contribution in [0.2, 0.25) is 0 Å². The number of aromatic amines is 1. The van der Waals surface area contributed by atoms with E-state index in [0.29, 0.717) is 6.54 Å². The van der Waals surface area contributed by atoms with Gasteiger partial charge in [0.05, 0.1) is 6.54 Å². The van der Waals surface area contributed by atoms with Gasteiger partial charge in [-0.3, -0.25) is 14.4 Å². The van der Waals surface area contributed by atoms with Crippen molar-refractivity contribution in [3.63, 3.8) is 0 Å². The van der Waals surface area contributed by atoms with Crippen LogP contribution < -0.4 is 10.7 Å². The van der Waals surface area contributed by atoms with Crippen molar-refractivity contribution in [1.82, 2.24) is 15.2 Å². The summed E-state index contributed by atoms with van der Waals surface area (Å²) in [4.78, 5) is 39.4. The van der Waals surface area contributed by atoms with Gasteiger partial charge in [0.15, 0.2) is 5.43 Å². The Morgan fingerprint density at radius 2 is 2.11 bits per heavy atom. The van der Waals surface area contributed by atoms with Gasteiger partial charge >= 0.3 is 0 Å². The second-order valence-electron chi connectivity index (χ2n) is 4.46. The summed E-state index contributed by atoms with van der Waals surface area (Å²) in [5.41, 5.74) is -0.312. The molecule has 1 aromatic heterocycles. The lowest BCUT2D eigenvalue weighted by Gasteiger charge is -2.20. The zero-order valence-corrected chi connectivity index (χ0v) is 11.4. The highest BCUT2D eigenvalue weighted by atomic mass is 16.2. The molecule has 0 aromatic carbocycles. The molecule has 19 heavy (non-hydrogen) atoms. The van der Waals surface area contributed by atoms with E-state index >= 15 is 0 Å². The number of amides is 2. The molecular formula is C13H19N3O3. The van der Waals surface area contributed by atoms with Crippen molar-refractivity contribution in [2.24, 2.45) is 0 Å². The molecule has 0 aliphatic carbocycles. The number of nitrogens with zero attached hydrogens (tertiary/aromatic N) is 1. The maximum absolute atomic E-state index is 12.1. The minimum absolute atomic E-state index is 0.0152. The van der Waals surface area contributed by atoms with Crippen LogP contribution in [0.1, 0.15) is 31.1 Å². The maximum atomic E-state index is 12.1. The Balaban J connectivity index is 2.81. The molecule has 6 heteroatoms. The summed E-state index contributed by atoms with van der Waals surface area (Å²) >= 11 is 0. The van der Waals surface area contributed by atoms with Gasteiger partial charge in [0.2, 0.25) is 5.91 Å². The summed E-state index contributed by atoms with van der Waals surface area (Å²) in [6.07, 6.45) is 2.81. The van der Waals surface area contributed by atoms with E-state index in [1.54, 1.807) is 6.92 Å². The fourth-order valence-corrected chi connectivity index (χ4v) is 1.62. The first-order valence-corrected chi connectivity index (χ1v) is 6.21. The van der Waals surface area contributed by atoms with Crippen molar-refractivity contribution < 1.29 is 9.59 Å². The van der Waals surface area contributed by atoms with E-state index in [1.165, 1.54) is 23.4 Å². The lowest BCUT2D eigenvalue weighted by Crippen LogP contribution is -2.43. The number of carbonyl (C=O) groups excluding carboxylic acids is 2. The van der Waals surface area contributed by atoms with Gasteiger partial charge in [0, 0.05) is 31.0 Å². The molecule has 0 atom stereocenters. The first-order valence-electron chi connectivity index (χ1n) is 6.21. The zero-order chi connectivity index (χ0) is 14.4. The zero-order valence-electron chi connectivity index (χ0n) is 11.4. The average Bonchev–Trinajstić information content (AvgIpc) is 2.35. The third-order valence-corrected chi connectivity index (χ3v) is 2.51. The van der Waals surface area contributed by atoms with Gasteiger partial charge in [-0.25, -0.2) is 0 Å². The summed E-state index contributed by atoms with van der Waals surface area (Å²) in [6, 6.07) is 1.30. The van der Waals surface area contributed by atoms with Gasteiger partial charge in [-0.2, -0.15) is 0 Å². The monoisotopic (exact) mass is 265 g/mol. The molecule has 0 aliphatic rings. The smallest absolute Gasteiger partial charge is 0.259 e. The van der Waals surface area contributed by atoms with E-state index in [-0.39, 0.29) is 29.5 Å². The molecule has 0 saturated heterocycles. The van der Waals surface area contributed by atoms with Gasteiger partial charge in [-0.15, -0.1) is 0 Å². The number of nitrogens with one attached hydrogen (secondary N) is 2. The SMILES string of the molecule is CCN(CC(=O)NC(C)C)C(=O)c1c[nH]ccc1=O. The molecule has 2 N–H and O–H groups in total. The number of pyridine rings is 1. The standard InChI is InChI=1S/C13H19N3O3/c1-4-16(8-12(18)15-9(2)3)13(19)10-7-14-6-5-11(10)17/h5-7,9H,4,8H2,1-3H3,(H,14,17)(H,15,18). The third kappa shape index (κ3) is 4.24. The van der Waals surface area contributed by atoms with Crippen LogP contribution in [-0.4, -0.2) is 40.8 Å². The predicted octanol–water partition coefficient (Wildman–Crippen LogP) is 0.362. The van der Waals surface area contributed by atoms with Crippen LogP contribution in [0.4, 0.5) is 0 Å². The summed E-state index contributed by atoms with van der Waals surface area (Å²) in [6.45, 7) is 5.76. The van der Waals surface area contributed by atoms with E-state index in [2.05, 4.69) is 10.3 Å². The van der Waals surface area contributed by atoms with E-state index in [0.717, 1.165) is 0 Å². The molecule has 0 aliphatic heterocycles. The van der Waals surface area contributed by atoms with Crippen LogP contribution in [0.25, 0.3) is 0 Å². The minimum Gasteiger partial charge on any atom is -0.367 e. The van der Waals surface area contributed by atoms with Crippen LogP contribution in [0.3, 0.4) is 0 Å². The Hall–Kier alpha value is -2.11. The number of carbonyl (C=O) groups is 2. The molecule has 0 radical (unpaired) electrons. The predicted molar refractivity (Wildman–Crippen MR) is 71.9 cm³/mol. The lowest BCUT2D eigenvalue weighted by molar-refractivity contribution is -0.122. The third-order valence-electron chi connectivity index (χ3n) is 2.51. The quantitative estimate of drug-likeness (QED) is 0.806. The molecule has 0 unspecified atom stereocenters. The van der Waals surface area contributed by atoms with Gasteiger partial charge < -0.3 is 15.2 Å². The summed E-state index contributed by atoms with van der Waals surface area (Å²) in [5.74, 6) is -0.680. The Labute approximate surface area is 111 Å². The first-order chi connectivity index (χ1) is 8.95. The number of hydrogen-bond acceptors (Lipinski definition) is 3. The second-order valence-corrected chi connectivity index (χ2v) is 4.46. The van der Waals surface area contributed by atoms with Crippen LogP contribution in [-0.2, 0) is 4.79 Å². The van der Waals surface area contributed by atoms with Crippen molar-refractivity contribution in [3.05, 3.63) is 34.2 Å². The van der Waals surface area contributed by atoms with E-state index in [4.69, 9.17) is 0 Å². The number of H-pyrrole nitrogens is 1. The fourth-order valence-electron chi connectivity index (χ4n) is 1.62. The largest absolute Gasteiger partial charge is 0.367 e. The second kappa shape index (κ2) is 6.72. The molecule has 2 amide bonds. The summed E-state index contributed by atoms with van der Waals surface area (Å²) < 4.78 is 0. The lowest BCUT2D eigenvalue weighted by atomic mass is 10.2. The highest BCUT2D eigenvalue weighted by Gasteiger charge is 2.19. The topological polar surface area (TPSA) is 82.3 Å². The van der Waals surface area contributed by atoms with Gasteiger partial charge in [-0.05, 0) is 20.8 Å². The molecule has 6 nitrogen and oxygen atoms in total. The molecular weight excluding hydrogens is 246 g/mol. The van der Waals surface area contributed by atoms with Crippen LogP contribution in [0, 0.1) is 0 Å². The Kier molecular flexibility index (Phi) is 5.29. The first kappa shape index (κ1) is 14.9. The molecule has 0 bridgehead atoms. The van der Waals surface area contributed by atoms with Crippen molar-refractivity contribution in [1.29, 1.82) is 0 Å². The van der Waals surface area contributed by atoms with Gasteiger partial charge in [0.1, 0.15) is 5.56 Å². The average molecular weight is 265 g/mol. The maximum Gasteiger partial charge on any atom is 0.259 e. The Morgan fingerprint density at radius 3 is 2.63 bits per heavy atom. The minimum atomic E-state index is -0.441. The Morgan fingerprint density at radius 1 is 1.42 bits per heavy atom. The number of likely N-dealkylation sites (N-methyl/N-ethyl adjacent to an activating group) is 1. The van der Waals surface area contributed by atoms with Crippen molar-refractivity contribution in [2.75, 3.05) is 13.1 Å². The number of hydrogen-bond donors (Lipinski definition) is 2. The molecule has 104 valence electrons.